The number of rotatable bonds is 4. The van der Waals surface area contributed by atoms with Crippen molar-refractivity contribution in [2.45, 2.75) is 45.7 Å². The van der Waals surface area contributed by atoms with Crippen LogP contribution >= 0.6 is 0 Å². The van der Waals surface area contributed by atoms with Crippen LogP contribution in [0.25, 0.3) is 11.0 Å². The van der Waals surface area contributed by atoms with Crippen molar-refractivity contribution in [1.29, 1.82) is 0 Å². The molecular formula is C21H25N5O3. The number of imidazole rings is 1. The molecule has 0 aliphatic carbocycles. The second-order valence-electron chi connectivity index (χ2n) is 7.67. The molecule has 0 bridgehead atoms. The number of benzene rings is 1. The van der Waals surface area contributed by atoms with Crippen LogP contribution in [0.2, 0.25) is 0 Å². The third kappa shape index (κ3) is 3.87. The van der Waals surface area contributed by atoms with Crippen LogP contribution in [0.4, 0.5) is 0 Å². The van der Waals surface area contributed by atoms with Crippen molar-refractivity contribution in [3.8, 4) is 0 Å². The van der Waals surface area contributed by atoms with Crippen LogP contribution in [0.15, 0.2) is 29.0 Å². The molecule has 3 heterocycles. The van der Waals surface area contributed by atoms with Crippen molar-refractivity contribution in [3.63, 3.8) is 0 Å². The van der Waals surface area contributed by atoms with E-state index in [2.05, 4.69) is 15.5 Å². The van der Waals surface area contributed by atoms with E-state index >= 15 is 0 Å². The van der Waals surface area contributed by atoms with Crippen molar-refractivity contribution in [1.82, 2.24) is 24.9 Å². The predicted octanol–water partition coefficient (Wildman–Crippen LogP) is 2.49. The summed E-state index contributed by atoms with van der Waals surface area (Å²) in [5.74, 6) is 0.708. The molecule has 3 aromatic rings. The molecule has 1 aliphatic rings. The quantitative estimate of drug-likeness (QED) is 0.733. The maximum absolute atomic E-state index is 12.7. The maximum Gasteiger partial charge on any atom is 0.251 e. The Morgan fingerprint density at radius 1 is 1.31 bits per heavy atom. The minimum absolute atomic E-state index is 0.0412. The van der Waals surface area contributed by atoms with Crippen molar-refractivity contribution >= 4 is 22.8 Å². The fraction of sp³-hybridized carbons (Fsp3) is 0.429. The van der Waals surface area contributed by atoms with Crippen molar-refractivity contribution in [2.75, 3.05) is 6.54 Å². The first-order chi connectivity index (χ1) is 13.9. The van der Waals surface area contributed by atoms with Gasteiger partial charge in [-0.15, -0.1) is 0 Å². The highest BCUT2D eigenvalue weighted by molar-refractivity contribution is 5.97. The first-order valence-corrected chi connectivity index (χ1v) is 9.84. The van der Waals surface area contributed by atoms with E-state index in [1.54, 1.807) is 12.4 Å². The zero-order valence-electron chi connectivity index (χ0n) is 16.9. The van der Waals surface area contributed by atoms with Gasteiger partial charge in [-0.2, -0.15) is 0 Å². The lowest BCUT2D eigenvalue weighted by molar-refractivity contribution is -0.131. The predicted molar refractivity (Wildman–Crippen MR) is 107 cm³/mol. The van der Waals surface area contributed by atoms with Crippen LogP contribution in [0.1, 0.15) is 46.6 Å². The van der Waals surface area contributed by atoms with Gasteiger partial charge in [-0.3, -0.25) is 9.59 Å². The van der Waals surface area contributed by atoms with E-state index in [0.29, 0.717) is 37.9 Å². The number of aromatic nitrogens is 3. The van der Waals surface area contributed by atoms with Gasteiger partial charge >= 0.3 is 0 Å². The normalized spacial score (nSPS) is 17.6. The van der Waals surface area contributed by atoms with E-state index in [1.807, 2.05) is 42.5 Å². The second-order valence-corrected chi connectivity index (χ2v) is 7.67. The summed E-state index contributed by atoms with van der Waals surface area (Å²) in [5.41, 5.74) is 4.14. The molecule has 1 aromatic carbocycles. The van der Waals surface area contributed by atoms with Gasteiger partial charge in [-0.05, 0) is 44.9 Å². The smallest absolute Gasteiger partial charge is 0.251 e. The van der Waals surface area contributed by atoms with Gasteiger partial charge in [0.1, 0.15) is 5.76 Å². The molecule has 1 N–H and O–H groups in total. The van der Waals surface area contributed by atoms with E-state index in [9.17, 15) is 9.59 Å². The molecule has 1 saturated heterocycles. The standard InChI is InChI=1S/C21H25N5O3/c1-13-17(14(2)29-24-13)11-26-9-8-16(5-7-20(26)27)23-21(28)15-4-6-19-18(10-15)22-12-25(19)3/h4,6,10,12,16H,5,7-9,11H2,1-3H3,(H,23,28). The van der Waals surface area contributed by atoms with E-state index in [1.165, 1.54) is 0 Å². The highest BCUT2D eigenvalue weighted by atomic mass is 16.5. The van der Waals surface area contributed by atoms with Crippen LogP contribution < -0.4 is 5.32 Å². The Morgan fingerprint density at radius 3 is 2.90 bits per heavy atom. The van der Waals surface area contributed by atoms with Crippen molar-refractivity contribution in [2.24, 2.45) is 7.05 Å². The molecule has 152 valence electrons. The average molecular weight is 395 g/mol. The SMILES string of the molecule is Cc1noc(C)c1CN1CCC(NC(=O)c2ccc3c(c2)ncn3C)CCC1=O. The van der Waals surface area contributed by atoms with Gasteiger partial charge in [0.2, 0.25) is 5.91 Å². The zero-order chi connectivity index (χ0) is 20.5. The summed E-state index contributed by atoms with van der Waals surface area (Å²) in [7, 11) is 1.92. The van der Waals surface area contributed by atoms with Gasteiger partial charge in [0.05, 0.1) is 29.6 Å². The van der Waals surface area contributed by atoms with Crippen LogP contribution in [-0.2, 0) is 18.4 Å². The summed E-state index contributed by atoms with van der Waals surface area (Å²) in [6.45, 7) is 4.83. The number of carbonyl (C=O) groups excluding carboxylic acids is 2. The Bertz CT molecular complexity index is 1050. The van der Waals surface area contributed by atoms with Crippen molar-refractivity contribution in [3.05, 3.63) is 47.1 Å². The van der Waals surface area contributed by atoms with Gasteiger partial charge in [0.15, 0.2) is 0 Å². The molecular weight excluding hydrogens is 370 g/mol. The van der Waals surface area contributed by atoms with Crippen molar-refractivity contribution < 1.29 is 14.1 Å². The lowest BCUT2D eigenvalue weighted by atomic mass is 10.1. The van der Waals surface area contributed by atoms with Crippen LogP contribution in [0.3, 0.4) is 0 Å². The minimum Gasteiger partial charge on any atom is -0.361 e. The second kappa shape index (κ2) is 7.69. The van der Waals surface area contributed by atoms with Gasteiger partial charge < -0.3 is 19.3 Å². The number of hydrogen-bond acceptors (Lipinski definition) is 5. The lowest BCUT2D eigenvalue weighted by Gasteiger charge is -2.21. The van der Waals surface area contributed by atoms with Crippen LogP contribution in [0, 0.1) is 13.8 Å². The van der Waals surface area contributed by atoms with Gasteiger partial charge in [-0.1, -0.05) is 5.16 Å². The van der Waals surface area contributed by atoms with E-state index < -0.39 is 0 Å². The summed E-state index contributed by atoms with van der Waals surface area (Å²) in [6.07, 6.45) is 3.49. The Balaban J connectivity index is 1.41. The molecule has 1 fully saturated rings. The monoisotopic (exact) mass is 395 g/mol. The largest absolute Gasteiger partial charge is 0.361 e. The molecule has 2 amide bonds. The number of carbonyl (C=O) groups is 2. The fourth-order valence-electron chi connectivity index (χ4n) is 3.81. The minimum atomic E-state index is -0.130. The lowest BCUT2D eigenvalue weighted by Crippen LogP contribution is -2.36. The van der Waals surface area contributed by atoms with Gasteiger partial charge in [0.25, 0.3) is 5.91 Å². The molecule has 0 saturated carbocycles. The zero-order valence-corrected chi connectivity index (χ0v) is 16.9. The Kier molecular flexibility index (Phi) is 5.08. The first kappa shape index (κ1) is 19.2. The summed E-state index contributed by atoms with van der Waals surface area (Å²) in [5, 5.41) is 7.05. The summed E-state index contributed by atoms with van der Waals surface area (Å²) < 4.78 is 7.12. The number of amides is 2. The molecule has 1 unspecified atom stereocenters. The fourth-order valence-corrected chi connectivity index (χ4v) is 3.81. The summed E-state index contributed by atoms with van der Waals surface area (Å²) >= 11 is 0. The number of nitrogens with one attached hydrogen (secondary N) is 1. The van der Waals surface area contributed by atoms with E-state index in [0.717, 1.165) is 28.1 Å². The molecule has 8 heteroatoms. The Hall–Kier alpha value is -3.16. The van der Waals surface area contributed by atoms with E-state index in [-0.39, 0.29) is 17.9 Å². The molecule has 1 atom stereocenters. The number of aryl methyl sites for hydroxylation is 3. The van der Waals surface area contributed by atoms with E-state index in [4.69, 9.17) is 4.52 Å². The van der Waals surface area contributed by atoms with Gasteiger partial charge in [-0.25, -0.2) is 4.98 Å². The average Bonchev–Trinajstić information content (AvgIpc) is 3.17. The molecule has 4 rings (SSSR count). The molecule has 29 heavy (non-hydrogen) atoms. The third-order valence-electron chi connectivity index (χ3n) is 5.66. The molecule has 0 spiro atoms. The maximum atomic E-state index is 12.7. The number of hydrogen-bond donors (Lipinski definition) is 1. The first-order valence-electron chi connectivity index (χ1n) is 9.84. The Morgan fingerprint density at radius 2 is 2.14 bits per heavy atom. The highest BCUT2D eigenvalue weighted by Gasteiger charge is 2.25. The molecule has 2 aromatic heterocycles. The summed E-state index contributed by atoms with van der Waals surface area (Å²) in [4.78, 5) is 31.4. The number of fused-ring (bicyclic) bond motifs is 1. The van der Waals surface area contributed by atoms with Gasteiger partial charge in [0, 0.05) is 37.2 Å². The number of likely N-dealkylation sites (tertiary alicyclic amines) is 1. The molecule has 1 aliphatic heterocycles. The van der Waals surface area contributed by atoms with Crippen LogP contribution in [0.5, 0.6) is 0 Å². The highest BCUT2D eigenvalue weighted by Crippen LogP contribution is 2.20. The van der Waals surface area contributed by atoms with Crippen LogP contribution in [-0.4, -0.2) is 44.0 Å². The third-order valence-corrected chi connectivity index (χ3v) is 5.66. The summed E-state index contributed by atoms with van der Waals surface area (Å²) in [6, 6.07) is 5.47. The topological polar surface area (TPSA) is 93.3 Å². The molecule has 8 nitrogen and oxygen atoms in total. The molecule has 0 radical (unpaired) electrons. The Labute approximate surface area is 168 Å². The number of nitrogens with zero attached hydrogens (tertiary/aromatic N) is 4.